The molecule has 5 nitrogen and oxygen atoms in total. The summed E-state index contributed by atoms with van der Waals surface area (Å²) in [7, 11) is 3.41. The second-order valence-corrected chi connectivity index (χ2v) is 5.36. The number of esters is 1. The molecule has 1 aromatic heterocycles. The van der Waals surface area contributed by atoms with Gasteiger partial charge in [0.25, 0.3) is 0 Å². The Hall–Kier alpha value is -1.33. The van der Waals surface area contributed by atoms with Crippen molar-refractivity contribution in [1.29, 1.82) is 0 Å². The third-order valence-corrected chi connectivity index (χ3v) is 3.59. The predicted molar refractivity (Wildman–Crippen MR) is 74.7 cm³/mol. The summed E-state index contributed by atoms with van der Waals surface area (Å²) in [4.78, 5) is 13.7. The summed E-state index contributed by atoms with van der Waals surface area (Å²) in [6.45, 7) is 4.19. The fourth-order valence-corrected chi connectivity index (χ4v) is 2.56. The van der Waals surface area contributed by atoms with Gasteiger partial charge in [0, 0.05) is 13.2 Å². The molecule has 0 spiro atoms. The van der Waals surface area contributed by atoms with E-state index < -0.39 is 0 Å². The lowest BCUT2D eigenvalue weighted by molar-refractivity contribution is -0.00341. The van der Waals surface area contributed by atoms with E-state index in [1.165, 1.54) is 20.0 Å². The summed E-state index contributed by atoms with van der Waals surface area (Å²) >= 11 is 0. The summed E-state index contributed by atoms with van der Waals surface area (Å²) in [5.41, 5.74) is 0.504. The highest BCUT2D eigenvalue weighted by molar-refractivity contribution is 5.90. The average molecular weight is 281 g/mol. The number of likely N-dealkylation sites (N-methyl/N-ethyl adjacent to an activating group) is 1. The maximum atomic E-state index is 11.5. The quantitative estimate of drug-likeness (QED) is 0.776. The molecule has 1 atom stereocenters. The molecule has 1 saturated heterocycles. The third kappa shape index (κ3) is 3.84. The molecule has 1 aliphatic rings. The minimum Gasteiger partial charge on any atom is -0.465 e. The van der Waals surface area contributed by atoms with Gasteiger partial charge >= 0.3 is 5.97 Å². The minimum atomic E-state index is -0.351. The van der Waals surface area contributed by atoms with Gasteiger partial charge in [0.2, 0.25) is 0 Å². The SMILES string of the molecule is COC(=O)c1cc(CN(C)CC2CCCCO2)oc1C. The Morgan fingerprint density at radius 1 is 1.50 bits per heavy atom. The van der Waals surface area contributed by atoms with E-state index in [1.807, 2.05) is 7.05 Å². The molecule has 1 aliphatic heterocycles. The van der Waals surface area contributed by atoms with E-state index in [4.69, 9.17) is 13.9 Å². The van der Waals surface area contributed by atoms with Gasteiger partial charge in [-0.3, -0.25) is 4.90 Å². The monoisotopic (exact) mass is 281 g/mol. The molecule has 1 unspecified atom stereocenters. The Bertz CT molecular complexity index is 449. The molecule has 0 radical (unpaired) electrons. The summed E-state index contributed by atoms with van der Waals surface area (Å²) in [6.07, 6.45) is 3.84. The summed E-state index contributed by atoms with van der Waals surface area (Å²) in [5, 5.41) is 0. The van der Waals surface area contributed by atoms with E-state index in [0.717, 1.165) is 25.3 Å². The maximum Gasteiger partial charge on any atom is 0.341 e. The smallest absolute Gasteiger partial charge is 0.341 e. The van der Waals surface area contributed by atoms with E-state index in [9.17, 15) is 4.79 Å². The molecular formula is C15H23NO4. The van der Waals surface area contributed by atoms with Gasteiger partial charge in [-0.2, -0.15) is 0 Å². The van der Waals surface area contributed by atoms with Gasteiger partial charge < -0.3 is 13.9 Å². The maximum absolute atomic E-state index is 11.5. The molecule has 20 heavy (non-hydrogen) atoms. The van der Waals surface area contributed by atoms with Crippen LogP contribution in [0.5, 0.6) is 0 Å². The number of ether oxygens (including phenoxy) is 2. The van der Waals surface area contributed by atoms with E-state index in [1.54, 1.807) is 13.0 Å². The number of methoxy groups -OCH3 is 1. The first kappa shape index (κ1) is 15.1. The van der Waals surface area contributed by atoms with Crippen molar-refractivity contribution in [1.82, 2.24) is 4.90 Å². The van der Waals surface area contributed by atoms with E-state index >= 15 is 0 Å². The lowest BCUT2D eigenvalue weighted by Gasteiger charge is -2.26. The zero-order chi connectivity index (χ0) is 14.5. The Labute approximate surface area is 119 Å². The van der Waals surface area contributed by atoms with Crippen molar-refractivity contribution >= 4 is 5.97 Å². The summed E-state index contributed by atoms with van der Waals surface area (Å²) in [6, 6.07) is 1.76. The molecule has 1 fully saturated rings. The van der Waals surface area contributed by atoms with Crippen molar-refractivity contribution in [3.8, 4) is 0 Å². The number of rotatable bonds is 5. The first-order valence-corrected chi connectivity index (χ1v) is 7.08. The highest BCUT2D eigenvalue weighted by Crippen LogP contribution is 2.18. The fourth-order valence-electron chi connectivity index (χ4n) is 2.56. The first-order chi connectivity index (χ1) is 9.60. The van der Waals surface area contributed by atoms with E-state index in [0.29, 0.717) is 24.0 Å². The standard InChI is InChI=1S/C15H23NO4/c1-11-14(15(17)18-3)8-13(20-11)10-16(2)9-12-6-4-5-7-19-12/h8,12H,4-7,9-10H2,1-3H3. The number of furan rings is 1. The first-order valence-electron chi connectivity index (χ1n) is 7.08. The number of carbonyl (C=O) groups is 1. The topological polar surface area (TPSA) is 51.9 Å². The van der Waals surface area contributed by atoms with Crippen LogP contribution in [0.3, 0.4) is 0 Å². The van der Waals surface area contributed by atoms with E-state index in [-0.39, 0.29) is 5.97 Å². The van der Waals surface area contributed by atoms with Crippen molar-refractivity contribution in [3.05, 3.63) is 23.2 Å². The molecule has 0 amide bonds. The molecule has 1 aromatic rings. The number of hydrogen-bond acceptors (Lipinski definition) is 5. The molecular weight excluding hydrogens is 258 g/mol. The Morgan fingerprint density at radius 3 is 2.95 bits per heavy atom. The fraction of sp³-hybridized carbons (Fsp3) is 0.667. The largest absolute Gasteiger partial charge is 0.465 e. The zero-order valence-corrected chi connectivity index (χ0v) is 12.5. The molecule has 0 aromatic carbocycles. The van der Waals surface area contributed by atoms with Gasteiger partial charge in [0.05, 0.1) is 19.8 Å². The van der Waals surface area contributed by atoms with Gasteiger partial charge in [-0.05, 0) is 39.3 Å². The second-order valence-electron chi connectivity index (χ2n) is 5.36. The van der Waals surface area contributed by atoms with Crippen LogP contribution in [0.25, 0.3) is 0 Å². The number of carbonyl (C=O) groups excluding carboxylic acids is 1. The number of hydrogen-bond donors (Lipinski definition) is 0. The van der Waals surface area contributed by atoms with Gasteiger partial charge in [0.1, 0.15) is 17.1 Å². The zero-order valence-electron chi connectivity index (χ0n) is 12.5. The lowest BCUT2D eigenvalue weighted by Crippen LogP contribution is -2.32. The molecule has 0 saturated carbocycles. The van der Waals surface area contributed by atoms with Crippen LogP contribution in [-0.4, -0.2) is 44.3 Å². The van der Waals surface area contributed by atoms with Gasteiger partial charge in [-0.25, -0.2) is 4.79 Å². The second kappa shape index (κ2) is 6.90. The van der Waals surface area contributed by atoms with Crippen LogP contribution >= 0.6 is 0 Å². The van der Waals surface area contributed by atoms with Crippen LogP contribution < -0.4 is 0 Å². The number of nitrogens with zero attached hydrogens (tertiary/aromatic N) is 1. The molecule has 0 aliphatic carbocycles. The summed E-state index contributed by atoms with van der Waals surface area (Å²) < 4.78 is 16.1. The number of aryl methyl sites for hydroxylation is 1. The van der Waals surface area contributed by atoms with Gasteiger partial charge in [-0.1, -0.05) is 0 Å². The van der Waals surface area contributed by atoms with Crippen molar-refractivity contribution in [2.45, 2.75) is 38.8 Å². The van der Waals surface area contributed by atoms with Crippen molar-refractivity contribution in [3.63, 3.8) is 0 Å². The lowest BCUT2D eigenvalue weighted by atomic mass is 10.1. The van der Waals surface area contributed by atoms with Gasteiger partial charge in [0.15, 0.2) is 0 Å². The molecule has 0 bridgehead atoms. The van der Waals surface area contributed by atoms with Gasteiger partial charge in [-0.15, -0.1) is 0 Å². The normalized spacial score (nSPS) is 19.3. The van der Waals surface area contributed by atoms with Crippen molar-refractivity contribution in [2.24, 2.45) is 0 Å². The Kier molecular flexibility index (Phi) is 5.20. The minimum absolute atomic E-state index is 0.310. The van der Waals surface area contributed by atoms with Crippen LogP contribution in [0.1, 0.15) is 41.1 Å². The molecule has 5 heteroatoms. The van der Waals surface area contributed by atoms with Crippen molar-refractivity contribution < 1.29 is 18.7 Å². The van der Waals surface area contributed by atoms with Crippen LogP contribution in [-0.2, 0) is 16.0 Å². The van der Waals surface area contributed by atoms with Crippen LogP contribution in [0.2, 0.25) is 0 Å². The third-order valence-electron chi connectivity index (χ3n) is 3.59. The highest BCUT2D eigenvalue weighted by Gasteiger charge is 2.19. The molecule has 112 valence electrons. The van der Waals surface area contributed by atoms with Crippen LogP contribution in [0, 0.1) is 6.92 Å². The highest BCUT2D eigenvalue weighted by atomic mass is 16.5. The summed E-state index contributed by atoms with van der Waals surface area (Å²) in [5.74, 6) is 1.03. The molecule has 2 rings (SSSR count). The van der Waals surface area contributed by atoms with Crippen LogP contribution in [0.15, 0.2) is 10.5 Å². The molecule has 0 N–H and O–H groups in total. The van der Waals surface area contributed by atoms with Crippen LogP contribution in [0.4, 0.5) is 0 Å². The Morgan fingerprint density at radius 2 is 2.30 bits per heavy atom. The van der Waals surface area contributed by atoms with E-state index in [2.05, 4.69) is 4.90 Å². The molecule has 2 heterocycles. The predicted octanol–water partition coefficient (Wildman–Crippen LogP) is 2.38. The Balaban J connectivity index is 1.90. The van der Waals surface area contributed by atoms with Crippen molar-refractivity contribution in [2.75, 3.05) is 27.3 Å². The average Bonchev–Trinajstić information content (AvgIpc) is 2.79.